The van der Waals surface area contributed by atoms with Gasteiger partial charge in [-0.2, -0.15) is 0 Å². The first-order valence-corrected chi connectivity index (χ1v) is 7.30. The van der Waals surface area contributed by atoms with Crippen LogP contribution in [0.15, 0.2) is 30.6 Å². The molecule has 2 heterocycles. The van der Waals surface area contributed by atoms with Crippen LogP contribution >= 0.6 is 11.6 Å². The molecule has 0 spiro atoms. The Bertz CT molecular complexity index is 632. The van der Waals surface area contributed by atoms with Gasteiger partial charge in [0.25, 0.3) is 0 Å². The lowest BCUT2D eigenvalue weighted by atomic mass is 10.1. The van der Waals surface area contributed by atoms with Gasteiger partial charge in [-0.05, 0) is 31.4 Å². The van der Waals surface area contributed by atoms with Gasteiger partial charge in [0.2, 0.25) is 5.88 Å². The molecule has 1 aromatic carbocycles. The summed E-state index contributed by atoms with van der Waals surface area (Å²) in [4.78, 5) is 10.6. The van der Waals surface area contributed by atoms with Crippen molar-refractivity contribution < 1.29 is 9.13 Å². The third-order valence-corrected chi connectivity index (χ3v) is 3.71. The van der Waals surface area contributed by atoms with E-state index in [2.05, 4.69) is 14.9 Å². The Morgan fingerprint density at radius 1 is 1.10 bits per heavy atom. The van der Waals surface area contributed by atoms with Crippen LogP contribution in [-0.4, -0.2) is 23.1 Å². The summed E-state index contributed by atoms with van der Waals surface area (Å²) in [5.74, 6) is 1.26. The molecule has 1 aliphatic rings. The Morgan fingerprint density at radius 3 is 2.67 bits per heavy atom. The summed E-state index contributed by atoms with van der Waals surface area (Å²) in [5.41, 5.74) is 0. The molecule has 6 heteroatoms. The fourth-order valence-electron chi connectivity index (χ4n) is 2.34. The van der Waals surface area contributed by atoms with E-state index in [4.69, 9.17) is 16.3 Å². The van der Waals surface area contributed by atoms with Crippen LogP contribution in [0.3, 0.4) is 0 Å². The molecular weight excluding hydrogens is 293 g/mol. The van der Waals surface area contributed by atoms with E-state index in [-0.39, 0.29) is 5.02 Å². The molecule has 2 aromatic rings. The van der Waals surface area contributed by atoms with Crippen LogP contribution in [0.5, 0.6) is 11.6 Å². The van der Waals surface area contributed by atoms with E-state index in [0.717, 1.165) is 18.9 Å². The van der Waals surface area contributed by atoms with E-state index in [1.165, 1.54) is 43.8 Å². The van der Waals surface area contributed by atoms with Crippen molar-refractivity contribution in [1.82, 2.24) is 9.97 Å². The number of ether oxygens (including phenoxy) is 1. The zero-order chi connectivity index (χ0) is 14.7. The average molecular weight is 308 g/mol. The highest BCUT2D eigenvalue weighted by Crippen LogP contribution is 2.27. The highest BCUT2D eigenvalue weighted by Gasteiger charge is 2.13. The summed E-state index contributed by atoms with van der Waals surface area (Å²) in [6.07, 6.45) is 5.09. The third-order valence-electron chi connectivity index (χ3n) is 3.42. The third kappa shape index (κ3) is 3.42. The number of halogens is 2. The molecule has 4 nitrogen and oxygen atoms in total. The largest absolute Gasteiger partial charge is 0.439 e. The van der Waals surface area contributed by atoms with Gasteiger partial charge in [0.05, 0.1) is 5.02 Å². The summed E-state index contributed by atoms with van der Waals surface area (Å²) < 4.78 is 18.7. The summed E-state index contributed by atoms with van der Waals surface area (Å²) in [6.45, 7) is 2.00. The zero-order valence-corrected chi connectivity index (χ0v) is 12.2. The maximum Gasteiger partial charge on any atom is 0.224 e. The smallest absolute Gasteiger partial charge is 0.224 e. The molecule has 0 bridgehead atoms. The van der Waals surface area contributed by atoms with Crippen LogP contribution in [-0.2, 0) is 0 Å². The van der Waals surface area contributed by atoms with Gasteiger partial charge in [-0.25, -0.2) is 14.4 Å². The van der Waals surface area contributed by atoms with Gasteiger partial charge in [0, 0.05) is 25.2 Å². The van der Waals surface area contributed by atoms with E-state index in [1.54, 1.807) is 6.07 Å². The first-order valence-electron chi connectivity index (χ1n) is 6.92. The lowest BCUT2D eigenvalue weighted by Gasteiger charge is -2.27. The van der Waals surface area contributed by atoms with Crippen molar-refractivity contribution in [2.75, 3.05) is 18.0 Å². The summed E-state index contributed by atoms with van der Waals surface area (Å²) in [5, 5.41) is 0.0258. The molecule has 0 saturated carbocycles. The van der Waals surface area contributed by atoms with E-state index < -0.39 is 5.82 Å². The second-order valence-corrected chi connectivity index (χ2v) is 5.35. The highest BCUT2D eigenvalue weighted by molar-refractivity contribution is 6.30. The normalized spacial score (nSPS) is 15.0. The number of piperidine rings is 1. The maximum absolute atomic E-state index is 13.1. The molecule has 1 saturated heterocycles. The number of nitrogens with zero attached hydrogens (tertiary/aromatic N) is 3. The molecule has 110 valence electrons. The van der Waals surface area contributed by atoms with Crippen molar-refractivity contribution in [2.24, 2.45) is 0 Å². The van der Waals surface area contributed by atoms with Crippen LogP contribution in [0.25, 0.3) is 0 Å². The van der Waals surface area contributed by atoms with Crippen molar-refractivity contribution in [1.29, 1.82) is 0 Å². The molecule has 1 aliphatic heterocycles. The maximum atomic E-state index is 13.1. The molecular formula is C15H15ClFN3O. The van der Waals surface area contributed by atoms with E-state index >= 15 is 0 Å². The van der Waals surface area contributed by atoms with Crippen molar-refractivity contribution in [2.45, 2.75) is 19.3 Å². The Labute approximate surface area is 127 Å². The zero-order valence-electron chi connectivity index (χ0n) is 11.4. The second kappa shape index (κ2) is 6.26. The quantitative estimate of drug-likeness (QED) is 0.857. The minimum atomic E-state index is -0.472. The van der Waals surface area contributed by atoms with Crippen molar-refractivity contribution in [3.63, 3.8) is 0 Å². The predicted molar refractivity (Wildman–Crippen MR) is 79.6 cm³/mol. The second-order valence-electron chi connectivity index (χ2n) is 4.94. The first-order chi connectivity index (χ1) is 10.2. The molecule has 0 atom stereocenters. The SMILES string of the molecule is Fc1ccc(Oc2cc(N3CCCCC3)ncn2)cc1Cl. The summed E-state index contributed by atoms with van der Waals surface area (Å²) in [6, 6.07) is 6.01. The van der Waals surface area contributed by atoms with Gasteiger partial charge in [-0.15, -0.1) is 0 Å². The number of aromatic nitrogens is 2. The molecule has 0 radical (unpaired) electrons. The molecule has 21 heavy (non-hydrogen) atoms. The molecule has 0 aliphatic carbocycles. The Kier molecular flexibility index (Phi) is 4.20. The Morgan fingerprint density at radius 2 is 1.90 bits per heavy atom. The summed E-state index contributed by atoms with van der Waals surface area (Å²) in [7, 11) is 0. The van der Waals surface area contributed by atoms with Gasteiger partial charge in [0.1, 0.15) is 23.7 Å². The molecule has 0 amide bonds. The molecule has 0 unspecified atom stereocenters. The minimum absolute atomic E-state index is 0.0258. The molecule has 0 N–H and O–H groups in total. The van der Waals surface area contributed by atoms with Crippen LogP contribution in [0.1, 0.15) is 19.3 Å². The Hall–Kier alpha value is -1.88. The van der Waals surface area contributed by atoms with Crippen LogP contribution < -0.4 is 9.64 Å². The van der Waals surface area contributed by atoms with Gasteiger partial charge < -0.3 is 9.64 Å². The van der Waals surface area contributed by atoms with Gasteiger partial charge in [-0.1, -0.05) is 11.6 Å². The number of anilines is 1. The minimum Gasteiger partial charge on any atom is -0.439 e. The van der Waals surface area contributed by atoms with E-state index in [1.807, 2.05) is 0 Å². The number of hydrogen-bond donors (Lipinski definition) is 0. The van der Waals surface area contributed by atoms with Crippen molar-refractivity contribution >= 4 is 17.4 Å². The standard InChI is InChI=1S/C15H15ClFN3O/c16-12-8-11(4-5-13(12)17)21-15-9-14(18-10-19-15)20-6-2-1-3-7-20/h4-5,8-10H,1-3,6-7H2. The van der Waals surface area contributed by atoms with Crippen molar-refractivity contribution in [3.8, 4) is 11.6 Å². The number of benzene rings is 1. The fraction of sp³-hybridized carbons (Fsp3) is 0.333. The Balaban J connectivity index is 1.77. The lowest BCUT2D eigenvalue weighted by molar-refractivity contribution is 0.459. The van der Waals surface area contributed by atoms with Gasteiger partial charge >= 0.3 is 0 Å². The monoisotopic (exact) mass is 307 g/mol. The fourth-order valence-corrected chi connectivity index (χ4v) is 2.51. The van der Waals surface area contributed by atoms with Crippen LogP contribution in [0, 0.1) is 5.82 Å². The first kappa shape index (κ1) is 14.1. The number of rotatable bonds is 3. The van der Waals surface area contributed by atoms with Gasteiger partial charge in [0.15, 0.2) is 0 Å². The number of hydrogen-bond acceptors (Lipinski definition) is 4. The van der Waals surface area contributed by atoms with E-state index in [9.17, 15) is 4.39 Å². The van der Waals surface area contributed by atoms with Crippen LogP contribution in [0.4, 0.5) is 10.2 Å². The van der Waals surface area contributed by atoms with Gasteiger partial charge in [-0.3, -0.25) is 0 Å². The molecule has 3 rings (SSSR count). The molecule has 1 fully saturated rings. The highest BCUT2D eigenvalue weighted by atomic mass is 35.5. The average Bonchev–Trinajstić information content (AvgIpc) is 2.52. The predicted octanol–water partition coefficient (Wildman–Crippen LogP) is 4.05. The molecule has 1 aromatic heterocycles. The van der Waals surface area contributed by atoms with Crippen molar-refractivity contribution in [3.05, 3.63) is 41.4 Å². The topological polar surface area (TPSA) is 38.2 Å². The lowest BCUT2D eigenvalue weighted by Crippen LogP contribution is -2.30. The summed E-state index contributed by atoms with van der Waals surface area (Å²) >= 11 is 5.74. The van der Waals surface area contributed by atoms with Crippen LogP contribution in [0.2, 0.25) is 5.02 Å². The van der Waals surface area contributed by atoms with E-state index in [0.29, 0.717) is 11.6 Å².